The molecule has 0 spiro atoms. The topological polar surface area (TPSA) is 20.7 Å². The summed E-state index contributed by atoms with van der Waals surface area (Å²) in [5.41, 5.74) is 13.2. The average Bonchev–Trinajstić information content (AvgIpc) is 3.63. The maximum atomic E-state index is 3.59. The van der Waals surface area contributed by atoms with Crippen molar-refractivity contribution in [2.24, 2.45) is 0 Å². The molecule has 0 saturated heterocycles. The fraction of sp³-hybridized carbons (Fsp3) is 0. The number of H-pyrrole nitrogens is 1. The quantitative estimate of drug-likeness (QED) is 0.221. The number of nitrogens with one attached hydrogen (secondary N) is 1. The highest BCUT2D eigenvalue weighted by molar-refractivity contribution is 6.12. The summed E-state index contributed by atoms with van der Waals surface area (Å²) in [5, 5.41) is 5.04. The monoisotopic (exact) mass is 560 g/mol. The van der Waals surface area contributed by atoms with Gasteiger partial charge >= 0.3 is 0 Å². The zero-order valence-electron chi connectivity index (χ0n) is 24.0. The molecule has 0 unspecified atom stereocenters. The summed E-state index contributed by atoms with van der Waals surface area (Å²) in [6, 6.07) is 59.2. The minimum atomic E-state index is 1.15. The highest BCUT2D eigenvalue weighted by atomic mass is 15.0. The highest BCUT2D eigenvalue weighted by Crippen LogP contribution is 2.38. The van der Waals surface area contributed by atoms with Crippen molar-refractivity contribution < 1.29 is 0 Å². The molecular weight excluding hydrogens is 532 g/mol. The Labute approximate surface area is 255 Å². The second kappa shape index (κ2) is 9.86. The van der Waals surface area contributed by atoms with Crippen LogP contribution in [0.3, 0.4) is 0 Å². The maximum absolute atomic E-state index is 3.59. The second-order valence-electron chi connectivity index (χ2n) is 11.5. The third kappa shape index (κ3) is 3.96. The van der Waals surface area contributed by atoms with E-state index in [2.05, 4.69) is 173 Å². The molecule has 2 aromatic heterocycles. The zero-order valence-corrected chi connectivity index (χ0v) is 24.0. The van der Waals surface area contributed by atoms with Crippen molar-refractivity contribution in [2.75, 3.05) is 0 Å². The van der Waals surface area contributed by atoms with E-state index in [1.165, 1.54) is 77.0 Å². The standard InChI is InChI=1S/C42H28N2/c1-3-9-28(10-4-1)31-18-23-41-37(25-31)38-26-32(29-11-5-2-6-12-29)19-24-42(38)44(41)34-20-15-30(16-21-34)33-17-22-36-35-13-7-8-14-39(35)43-40(36)27-33/h1-27,43H. The number of nitrogens with zero attached hydrogens (tertiary/aromatic N) is 1. The van der Waals surface area contributed by atoms with Gasteiger partial charge in [-0.15, -0.1) is 0 Å². The predicted molar refractivity (Wildman–Crippen MR) is 186 cm³/mol. The van der Waals surface area contributed by atoms with Gasteiger partial charge in [-0.25, -0.2) is 0 Å². The SMILES string of the molecule is c1ccc(-c2ccc3c(c2)c2cc(-c4ccccc4)ccc2n3-c2ccc(-c3ccc4c(c3)[nH]c3ccccc34)cc2)cc1. The molecule has 9 rings (SSSR count). The minimum Gasteiger partial charge on any atom is -0.354 e. The molecule has 0 fully saturated rings. The van der Waals surface area contributed by atoms with Gasteiger partial charge in [0.25, 0.3) is 0 Å². The molecular formula is C42H28N2. The first-order valence-corrected chi connectivity index (χ1v) is 15.1. The first-order chi connectivity index (χ1) is 21.8. The Morgan fingerprint density at radius 1 is 0.318 bits per heavy atom. The van der Waals surface area contributed by atoms with Crippen LogP contribution < -0.4 is 0 Å². The van der Waals surface area contributed by atoms with Crippen LogP contribution in [0.5, 0.6) is 0 Å². The molecule has 1 N–H and O–H groups in total. The molecule has 0 radical (unpaired) electrons. The van der Waals surface area contributed by atoms with Crippen molar-refractivity contribution in [1.29, 1.82) is 0 Å². The van der Waals surface area contributed by atoms with Crippen LogP contribution in [0.4, 0.5) is 0 Å². The Balaban J connectivity index is 1.19. The summed E-state index contributed by atoms with van der Waals surface area (Å²) in [7, 11) is 0. The summed E-state index contributed by atoms with van der Waals surface area (Å²) in [5.74, 6) is 0. The number of hydrogen-bond donors (Lipinski definition) is 1. The number of aromatic amines is 1. The van der Waals surface area contributed by atoms with Crippen LogP contribution in [0, 0.1) is 0 Å². The van der Waals surface area contributed by atoms with Crippen molar-refractivity contribution in [3.8, 4) is 39.1 Å². The lowest BCUT2D eigenvalue weighted by atomic mass is 10.0. The summed E-state index contributed by atoms with van der Waals surface area (Å²) < 4.78 is 2.40. The van der Waals surface area contributed by atoms with E-state index < -0.39 is 0 Å². The van der Waals surface area contributed by atoms with Crippen LogP contribution >= 0.6 is 0 Å². The van der Waals surface area contributed by atoms with E-state index in [0.29, 0.717) is 0 Å². The average molecular weight is 561 g/mol. The zero-order chi connectivity index (χ0) is 29.0. The van der Waals surface area contributed by atoms with Gasteiger partial charge in [0.2, 0.25) is 0 Å². The Hall–Kier alpha value is -5.86. The lowest BCUT2D eigenvalue weighted by Crippen LogP contribution is -1.94. The molecule has 2 heteroatoms. The van der Waals surface area contributed by atoms with Gasteiger partial charge in [0.1, 0.15) is 0 Å². The van der Waals surface area contributed by atoms with Crippen LogP contribution in [0.1, 0.15) is 0 Å². The number of fused-ring (bicyclic) bond motifs is 6. The van der Waals surface area contributed by atoms with Gasteiger partial charge in [0.05, 0.1) is 11.0 Å². The van der Waals surface area contributed by atoms with Crippen molar-refractivity contribution in [1.82, 2.24) is 9.55 Å². The molecule has 0 aliphatic carbocycles. The smallest absolute Gasteiger partial charge is 0.0541 e. The van der Waals surface area contributed by atoms with Crippen molar-refractivity contribution in [2.45, 2.75) is 0 Å². The van der Waals surface area contributed by atoms with E-state index in [-0.39, 0.29) is 0 Å². The fourth-order valence-corrected chi connectivity index (χ4v) is 6.76. The van der Waals surface area contributed by atoms with Crippen LogP contribution in [0.2, 0.25) is 0 Å². The van der Waals surface area contributed by atoms with E-state index in [4.69, 9.17) is 0 Å². The molecule has 206 valence electrons. The van der Waals surface area contributed by atoms with Gasteiger partial charge in [0.15, 0.2) is 0 Å². The molecule has 0 aliphatic heterocycles. The number of hydrogen-bond acceptors (Lipinski definition) is 0. The minimum absolute atomic E-state index is 1.15. The van der Waals surface area contributed by atoms with Gasteiger partial charge in [-0.3, -0.25) is 0 Å². The summed E-state index contributed by atoms with van der Waals surface area (Å²) >= 11 is 0. The normalized spacial score (nSPS) is 11.6. The lowest BCUT2D eigenvalue weighted by Gasteiger charge is -2.10. The van der Waals surface area contributed by atoms with Crippen molar-refractivity contribution in [3.05, 3.63) is 164 Å². The molecule has 2 nitrogen and oxygen atoms in total. The van der Waals surface area contributed by atoms with Gasteiger partial charge in [-0.05, 0) is 81.9 Å². The van der Waals surface area contributed by atoms with E-state index in [1.807, 2.05) is 0 Å². The highest BCUT2D eigenvalue weighted by Gasteiger charge is 2.15. The molecule has 7 aromatic carbocycles. The summed E-state index contributed by atoms with van der Waals surface area (Å²) in [6.07, 6.45) is 0. The third-order valence-corrected chi connectivity index (χ3v) is 8.94. The first-order valence-electron chi connectivity index (χ1n) is 15.1. The number of aromatic nitrogens is 2. The third-order valence-electron chi connectivity index (χ3n) is 8.94. The molecule has 9 aromatic rings. The fourth-order valence-electron chi connectivity index (χ4n) is 6.76. The Morgan fingerprint density at radius 2 is 0.795 bits per heavy atom. The molecule has 0 bridgehead atoms. The number of para-hydroxylation sites is 1. The van der Waals surface area contributed by atoms with Crippen LogP contribution in [0.25, 0.3) is 82.7 Å². The van der Waals surface area contributed by atoms with E-state index in [0.717, 1.165) is 5.69 Å². The van der Waals surface area contributed by atoms with Crippen molar-refractivity contribution >= 4 is 43.6 Å². The maximum Gasteiger partial charge on any atom is 0.0541 e. The van der Waals surface area contributed by atoms with E-state index in [1.54, 1.807) is 0 Å². The van der Waals surface area contributed by atoms with Crippen LogP contribution in [-0.4, -0.2) is 9.55 Å². The molecule has 44 heavy (non-hydrogen) atoms. The van der Waals surface area contributed by atoms with Crippen LogP contribution in [0.15, 0.2) is 164 Å². The van der Waals surface area contributed by atoms with E-state index in [9.17, 15) is 0 Å². The predicted octanol–water partition coefficient (Wildman–Crippen LogP) is 11.4. The molecule has 0 atom stereocenters. The Bertz CT molecular complexity index is 2370. The van der Waals surface area contributed by atoms with Gasteiger partial charge < -0.3 is 9.55 Å². The van der Waals surface area contributed by atoms with Crippen molar-refractivity contribution in [3.63, 3.8) is 0 Å². The van der Waals surface area contributed by atoms with Gasteiger partial charge in [-0.2, -0.15) is 0 Å². The second-order valence-corrected chi connectivity index (χ2v) is 11.5. The summed E-state index contributed by atoms with van der Waals surface area (Å²) in [6.45, 7) is 0. The Morgan fingerprint density at radius 3 is 1.43 bits per heavy atom. The molecule has 0 saturated carbocycles. The largest absolute Gasteiger partial charge is 0.354 e. The molecule has 0 amide bonds. The first kappa shape index (κ1) is 24.7. The Kier molecular flexibility index (Phi) is 5.54. The van der Waals surface area contributed by atoms with E-state index >= 15 is 0 Å². The molecule has 0 aliphatic rings. The summed E-state index contributed by atoms with van der Waals surface area (Å²) in [4.78, 5) is 3.59. The lowest BCUT2D eigenvalue weighted by molar-refractivity contribution is 1.18. The number of benzene rings is 7. The van der Waals surface area contributed by atoms with Crippen LogP contribution in [-0.2, 0) is 0 Å². The van der Waals surface area contributed by atoms with Gasteiger partial charge in [0, 0.05) is 38.3 Å². The van der Waals surface area contributed by atoms with Gasteiger partial charge in [-0.1, -0.05) is 115 Å². The number of rotatable bonds is 4. The molecule has 2 heterocycles.